The van der Waals surface area contributed by atoms with E-state index in [0.29, 0.717) is 18.6 Å². The zero-order valence-corrected chi connectivity index (χ0v) is 16.1. The lowest BCUT2D eigenvalue weighted by atomic mass is 9.93. The fraction of sp³-hybridized carbons (Fsp3) is 0.550. The molecule has 0 saturated heterocycles. The van der Waals surface area contributed by atoms with Gasteiger partial charge in [-0.25, -0.2) is 10.2 Å². The third-order valence-corrected chi connectivity index (χ3v) is 5.46. The van der Waals surface area contributed by atoms with Crippen LogP contribution in [0.2, 0.25) is 0 Å². The largest absolute Gasteiger partial charge is 0.350 e. The molecule has 0 aromatic heterocycles. The molecule has 146 valence electrons. The lowest BCUT2D eigenvalue weighted by molar-refractivity contribution is -0.112. The van der Waals surface area contributed by atoms with Gasteiger partial charge in [0, 0.05) is 30.7 Å². The molecule has 0 atom stereocenters. The molecule has 1 aliphatic heterocycles. The molecule has 0 unspecified atom stereocenters. The molecule has 1 saturated carbocycles. The second-order valence-corrected chi connectivity index (χ2v) is 7.53. The molecule has 0 spiro atoms. The first-order valence-electron chi connectivity index (χ1n) is 9.79. The molecule has 1 aliphatic carbocycles. The number of hydrogen-bond donors (Lipinski definition) is 2. The van der Waals surface area contributed by atoms with Crippen molar-refractivity contribution in [1.82, 2.24) is 10.3 Å². The van der Waals surface area contributed by atoms with Crippen LogP contribution in [-0.2, 0) is 4.79 Å². The number of fused-ring (bicyclic) bond motifs is 1. The van der Waals surface area contributed by atoms with Crippen LogP contribution < -0.4 is 16.1 Å². The topological polar surface area (TPSA) is 91.0 Å². The van der Waals surface area contributed by atoms with Gasteiger partial charge in [0.15, 0.2) is 5.71 Å². The summed E-state index contributed by atoms with van der Waals surface area (Å²) in [4.78, 5) is 28.2. The molecule has 1 fully saturated rings. The van der Waals surface area contributed by atoms with Gasteiger partial charge < -0.3 is 10.6 Å². The Bertz CT molecular complexity index is 725. The zero-order chi connectivity index (χ0) is 19.4. The predicted octanol–water partition coefficient (Wildman–Crippen LogP) is 2.45. The Hall–Kier alpha value is -2.41. The van der Waals surface area contributed by atoms with E-state index in [0.717, 1.165) is 17.8 Å². The number of primary amides is 1. The molecular formula is C20H29N5O2. The van der Waals surface area contributed by atoms with Crippen LogP contribution in [0.15, 0.2) is 29.4 Å². The molecule has 1 heterocycles. The van der Waals surface area contributed by atoms with E-state index in [1.54, 1.807) is 4.90 Å². The molecule has 27 heavy (non-hydrogen) atoms. The highest BCUT2D eigenvalue weighted by atomic mass is 16.2. The summed E-state index contributed by atoms with van der Waals surface area (Å²) in [7, 11) is 0. The van der Waals surface area contributed by atoms with Crippen molar-refractivity contribution in [2.45, 2.75) is 58.0 Å². The second-order valence-electron chi connectivity index (χ2n) is 7.53. The number of nitrogens with zero attached hydrogens (tertiary/aromatic N) is 3. The Morgan fingerprint density at radius 3 is 2.67 bits per heavy atom. The summed E-state index contributed by atoms with van der Waals surface area (Å²) in [5.74, 6) is -0.197. The number of amides is 3. The first-order chi connectivity index (χ1) is 13.0. The van der Waals surface area contributed by atoms with Gasteiger partial charge in [-0.2, -0.15) is 5.10 Å². The van der Waals surface area contributed by atoms with Crippen LogP contribution in [0.25, 0.3) is 0 Å². The molecular weight excluding hydrogens is 342 g/mol. The van der Waals surface area contributed by atoms with E-state index in [4.69, 9.17) is 5.73 Å². The normalized spacial score (nSPS) is 19.2. The van der Waals surface area contributed by atoms with Gasteiger partial charge in [0.25, 0.3) is 5.91 Å². The van der Waals surface area contributed by atoms with Gasteiger partial charge in [-0.15, -0.1) is 0 Å². The van der Waals surface area contributed by atoms with Crippen molar-refractivity contribution in [3.05, 3.63) is 29.8 Å². The van der Waals surface area contributed by atoms with Crippen LogP contribution in [0.4, 0.5) is 10.5 Å². The lowest BCUT2D eigenvalue weighted by Gasteiger charge is -2.38. The highest BCUT2D eigenvalue weighted by molar-refractivity contribution is 6.54. The Balaban J connectivity index is 1.76. The average molecular weight is 371 g/mol. The van der Waals surface area contributed by atoms with Gasteiger partial charge in [-0.05, 0) is 32.8 Å². The molecule has 7 nitrogen and oxygen atoms in total. The van der Waals surface area contributed by atoms with Crippen LogP contribution >= 0.6 is 0 Å². The van der Waals surface area contributed by atoms with E-state index < -0.39 is 6.03 Å². The zero-order valence-electron chi connectivity index (χ0n) is 16.1. The van der Waals surface area contributed by atoms with Gasteiger partial charge in [0.05, 0.1) is 5.69 Å². The number of nitrogens with two attached hydrogens (primary N) is 1. The number of nitrogens with one attached hydrogen (secondary N) is 1. The highest BCUT2D eigenvalue weighted by Gasteiger charge is 2.34. The summed E-state index contributed by atoms with van der Waals surface area (Å²) in [6.07, 6.45) is 6.37. The van der Waals surface area contributed by atoms with Gasteiger partial charge in [-0.1, -0.05) is 37.5 Å². The van der Waals surface area contributed by atoms with E-state index in [9.17, 15) is 9.59 Å². The van der Waals surface area contributed by atoms with E-state index in [1.807, 2.05) is 24.3 Å². The summed E-state index contributed by atoms with van der Waals surface area (Å²) in [6, 6.07) is 7.77. The molecule has 0 radical (unpaired) electrons. The lowest BCUT2D eigenvalue weighted by Crippen LogP contribution is -2.46. The smallest absolute Gasteiger partial charge is 0.332 e. The van der Waals surface area contributed by atoms with Crippen LogP contribution in [0, 0.1) is 0 Å². The molecule has 3 rings (SSSR count). The Morgan fingerprint density at radius 1 is 1.30 bits per heavy atom. The third-order valence-electron chi connectivity index (χ3n) is 5.46. The van der Waals surface area contributed by atoms with E-state index in [-0.39, 0.29) is 11.6 Å². The van der Waals surface area contributed by atoms with Crippen molar-refractivity contribution in [1.29, 1.82) is 0 Å². The van der Waals surface area contributed by atoms with Gasteiger partial charge >= 0.3 is 6.03 Å². The van der Waals surface area contributed by atoms with Crippen molar-refractivity contribution in [3.8, 4) is 0 Å². The first-order valence-corrected chi connectivity index (χ1v) is 9.79. The molecule has 1 aromatic carbocycles. The fourth-order valence-corrected chi connectivity index (χ4v) is 4.19. The molecule has 0 bridgehead atoms. The minimum Gasteiger partial charge on any atom is -0.350 e. The summed E-state index contributed by atoms with van der Waals surface area (Å²) in [5.41, 5.74) is 9.07. The Morgan fingerprint density at radius 2 is 2.00 bits per heavy atom. The predicted molar refractivity (Wildman–Crippen MR) is 107 cm³/mol. The third kappa shape index (κ3) is 4.30. The van der Waals surface area contributed by atoms with Crippen LogP contribution in [0.1, 0.15) is 51.5 Å². The number of benzene rings is 1. The number of urea groups is 1. The Labute approximate surface area is 160 Å². The number of carbonyl (C=O) groups excluding carboxylic acids is 2. The second kappa shape index (κ2) is 8.52. The maximum atomic E-state index is 12.9. The van der Waals surface area contributed by atoms with Crippen molar-refractivity contribution in [3.63, 3.8) is 0 Å². The van der Waals surface area contributed by atoms with Crippen molar-refractivity contribution >= 4 is 23.3 Å². The van der Waals surface area contributed by atoms with E-state index in [1.165, 1.54) is 32.1 Å². The van der Waals surface area contributed by atoms with Crippen molar-refractivity contribution in [2.24, 2.45) is 10.8 Å². The summed E-state index contributed by atoms with van der Waals surface area (Å²) >= 11 is 0. The molecule has 1 aromatic rings. The quantitative estimate of drug-likeness (QED) is 0.753. The highest BCUT2D eigenvalue weighted by Crippen LogP contribution is 2.30. The molecule has 3 N–H and O–H groups in total. The SMILES string of the molecule is CC(C)N(CCN1C(=O)/C(=N/NC(N)=O)c2ccccc21)C1CCCCC1. The maximum Gasteiger partial charge on any atom is 0.332 e. The van der Waals surface area contributed by atoms with Crippen LogP contribution in [0.3, 0.4) is 0 Å². The first kappa shape index (κ1) is 19.4. The number of hydrogen-bond acceptors (Lipinski definition) is 4. The van der Waals surface area contributed by atoms with E-state index in [2.05, 4.69) is 29.3 Å². The number of hydrazone groups is 1. The number of carbonyl (C=O) groups is 2. The molecule has 2 aliphatic rings. The Kier molecular flexibility index (Phi) is 6.11. The standard InChI is InChI=1S/C20H29N5O2/c1-14(2)24(15-8-4-3-5-9-15)12-13-25-17-11-7-6-10-16(17)18(19(25)26)22-23-20(21)27/h6-7,10-11,14-15H,3-5,8-9,12-13H2,1-2H3,(H3,21,23,27)/b22-18+. The maximum absolute atomic E-state index is 12.9. The monoisotopic (exact) mass is 371 g/mol. The number of anilines is 1. The van der Waals surface area contributed by atoms with Crippen LogP contribution in [-0.4, -0.2) is 47.7 Å². The summed E-state index contributed by atoms with van der Waals surface area (Å²) < 4.78 is 0. The number of rotatable bonds is 6. The molecule has 7 heteroatoms. The van der Waals surface area contributed by atoms with Crippen molar-refractivity contribution in [2.75, 3.05) is 18.0 Å². The van der Waals surface area contributed by atoms with Gasteiger partial charge in [0.2, 0.25) is 0 Å². The minimum absolute atomic E-state index is 0.197. The summed E-state index contributed by atoms with van der Waals surface area (Å²) in [5, 5.41) is 3.93. The molecule has 3 amide bonds. The van der Waals surface area contributed by atoms with Gasteiger partial charge in [-0.3, -0.25) is 9.69 Å². The fourth-order valence-electron chi connectivity index (χ4n) is 4.19. The number of para-hydroxylation sites is 1. The van der Waals surface area contributed by atoms with E-state index >= 15 is 0 Å². The summed E-state index contributed by atoms with van der Waals surface area (Å²) in [6.45, 7) is 5.86. The van der Waals surface area contributed by atoms with Gasteiger partial charge in [0.1, 0.15) is 0 Å². The average Bonchev–Trinajstić information content (AvgIpc) is 2.92. The van der Waals surface area contributed by atoms with Crippen LogP contribution in [0.5, 0.6) is 0 Å². The van der Waals surface area contributed by atoms with Crippen molar-refractivity contribution < 1.29 is 9.59 Å². The minimum atomic E-state index is -0.783.